The maximum atomic E-state index is 13.2. The lowest BCUT2D eigenvalue weighted by atomic mass is 10.1. The minimum Gasteiger partial charge on any atom is -0.342 e. The summed E-state index contributed by atoms with van der Waals surface area (Å²) < 4.78 is 13.2. The molecule has 1 N–H and O–H groups in total. The zero-order valence-electron chi connectivity index (χ0n) is 9.13. The molecule has 0 atom stereocenters. The predicted octanol–water partition coefficient (Wildman–Crippen LogP) is 3.40. The molecule has 3 rings (SSSR count). The number of rotatable bonds is 2. The van der Waals surface area contributed by atoms with Crippen molar-refractivity contribution in [1.82, 2.24) is 9.97 Å². The molecule has 0 aliphatic heterocycles. The van der Waals surface area contributed by atoms with Crippen LogP contribution in [0.2, 0.25) is 0 Å². The molecule has 1 aromatic carbocycles. The Morgan fingerprint density at radius 3 is 2.81 bits per heavy atom. The highest BCUT2D eigenvalue weighted by atomic mass is 19.1. The van der Waals surface area contributed by atoms with Crippen LogP contribution >= 0.6 is 0 Å². The van der Waals surface area contributed by atoms with Gasteiger partial charge in [0.25, 0.3) is 0 Å². The van der Waals surface area contributed by atoms with Crippen molar-refractivity contribution in [2.75, 3.05) is 0 Å². The number of hydrogen-bond donors (Lipinski definition) is 1. The maximum absolute atomic E-state index is 13.2. The highest BCUT2D eigenvalue weighted by Gasteiger charge is 2.25. The molecule has 1 saturated carbocycles. The van der Waals surface area contributed by atoms with E-state index in [1.54, 1.807) is 0 Å². The summed E-state index contributed by atoms with van der Waals surface area (Å²) >= 11 is 0. The van der Waals surface area contributed by atoms with Crippen LogP contribution in [0, 0.1) is 12.7 Å². The van der Waals surface area contributed by atoms with Crippen LogP contribution < -0.4 is 0 Å². The van der Waals surface area contributed by atoms with Crippen molar-refractivity contribution in [3.05, 3.63) is 41.5 Å². The van der Waals surface area contributed by atoms with E-state index in [0.717, 1.165) is 17.0 Å². The van der Waals surface area contributed by atoms with E-state index < -0.39 is 0 Å². The Morgan fingerprint density at radius 2 is 2.12 bits per heavy atom. The second-order valence-corrected chi connectivity index (χ2v) is 4.48. The summed E-state index contributed by atoms with van der Waals surface area (Å²) in [4.78, 5) is 7.58. The van der Waals surface area contributed by atoms with Gasteiger partial charge in [-0.3, -0.25) is 0 Å². The van der Waals surface area contributed by atoms with Gasteiger partial charge in [0.15, 0.2) is 0 Å². The molecule has 1 aliphatic rings. The van der Waals surface area contributed by atoms with Crippen LogP contribution in [0.5, 0.6) is 0 Å². The Hall–Kier alpha value is -1.64. The second kappa shape index (κ2) is 3.44. The van der Waals surface area contributed by atoms with Gasteiger partial charge in [0.2, 0.25) is 0 Å². The quantitative estimate of drug-likeness (QED) is 0.818. The fourth-order valence-corrected chi connectivity index (χ4v) is 1.96. The van der Waals surface area contributed by atoms with Crippen molar-refractivity contribution in [3.63, 3.8) is 0 Å². The molecule has 0 amide bonds. The third-order valence-corrected chi connectivity index (χ3v) is 2.93. The number of aromatic nitrogens is 2. The van der Waals surface area contributed by atoms with Gasteiger partial charge in [0, 0.05) is 23.4 Å². The summed E-state index contributed by atoms with van der Waals surface area (Å²) in [6.45, 7) is 1.89. The van der Waals surface area contributed by atoms with Crippen molar-refractivity contribution < 1.29 is 4.39 Å². The monoisotopic (exact) mass is 216 g/mol. The van der Waals surface area contributed by atoms with Crippen LogP contribution in [0.15, 0.2) is 24.4 Å². The Balaban J connectivity index is 2.00. The molecule has 0 bridgehead atoms. The van der Waals surface area contributed by atoms with Crippen molar-refractivity contribution in [1.29, 1.82) is 0 Å². The van der Waals surface area contributed by atoms with Gasteiger partial charge in [-0.25, -0.2) is 9.37 Å². The van der Waals surface area contributed by atoms with Crippen LogP contribution in [0.3, 0.4) is 0 Å². The van der Waals surface area contributed by atoms with Crippen LogP contribution in [-0.2, 0) is 0 Å². The highest BCUT2D eigenvalue weighted by Crippen LogP contribution is 2.39. The smallest absolute Gasteiger partial charge is 0.137 e. The number of aromatic amines is 1. The summed E-state index contributed by atoms with van der Waals surface area (Å²) in [6, 6.07) is 4.98. The standard InChI is InChI=1S/C13H13FN2/c1-8-4-10(6-11(14)5-8)13-15-7-12(16-13)9-2-3-9/h4-7,9H,2-3H2,1H3,(H,15,16). The van der Waals surface area contributed by atoms with E-state index in [4.69, 9.17) is 0 Å². The van der Waals surface area contributed by atoms with Crippen molar-refractivity contribution in [2.24, 2.45) is 0 Å². The lowest BCUT2D eigenvalue weighted by Crippen LogP contribution is -1.85. The Bertz CT molecular complexity index is 506. The number of hydrogen-bond acceptors (Lipinski definition) is 1. The fraction of sp³-hybridized carbons (Fsp3) is 0.308. The van der Waals surface area contributed by atoms with Gasteiger partial charge in [-0.2, -0.15) is 0 Å². The normalized spacial score (nSPS) is 15.4. The first kappa shape index (κ1) is 9.58. The number of imidazole rings is 1. The first-order valence-corrected chi connectivity index (χ1v) is 5.55. The van der Waals surface area contributed by atoms with Gasteiger partial charge in [0.1, 0.15) is 11.6 Å². The molecule has 3 heteroatoms. The lowest BCUT2D eigenvalue weighted by Gasteiger charge is -1.99. The minimum absolute atomic E-state index is 0.209. The van der Waals surface area contributed by atoms with Crippen molar-refractivity contribution in [2.45, 2.75) is 25.7 Å². The van der Waals surface area contributed by atoms with E-state index in [-0.39, 0.29) is 5.82 Å². The molecule has 1 fully saturated rings. The van der Waals surface area contributed by atoms with Crippen LogP contribution in [0.25, 0.3) is 11.4 Å². The summed E-state index contributed by atoms with van der Waals surface area (Å²) in [5, 5.41) is 0. The summed E-state index contributed by atoms with van der Waals surface area (Å²) in [5.41, 5.74) is 2.92. The van der Waals surface area contributed by atoms with E-state index in [0.29, 0.717) is 5.92 Å². The fourth-order valence-electron chi connectivity index (χ4n) is 1.96. The number of nitrogens with one attached hydrogen (secondary N) is 1. The number of benzene rings is 1. The molecule has 0 spiro atoms. The van der Waals surface area contributed by atoms with E-state index in [2.05, 4.69) is 9.97 Å². The molecular weight excluding hydrogens is 203 g/mol. The van der Waals surface area contributed by atoms with Gasteiger partial charge in [-0.05, 0) is 43.5 Å². The highest BCUT2D eigenvalue weighted by molar-refractivity contribution is 5.56. The van der Waals surface area contributed by atoms with Crippen molar-refractivity contribution >= 4 is 0 Å². The van der Waals surface area contributed by atoms with Gasteiger partial charge in [-0.15, -0.1) is 0 Å². The Morgan fingerprint density at radius 1 is 1.31 bits per heavy atom. The van der Waals surface area contributed by atoms with Gasteiger partial charge in [0.05, 0.1) is 0 Å². The zero-order chi connectivity index (χ0) is 11.1. The number of aryl methyl sites for hydroxylation is 1. The predicted molar refractivity (Wildman–Crippen MR) is 60.7 cm³/mol. The first-order chi connectivity index (χ1) is 7.72. The van der Waals surface area contributed by atoms with E-state index in [1.807, 2.05) is 19.2 Å². The van der Waals surface area contributed by atoms with Gasteiger partial charge in [-0.1, -0.05) is 0 Å². The molecule has 2 aromatic rings. The molecule has 1 aromatic heterocycles. The maximum Gasteiger partial charge on any atom is 0.137 e. The Kier molecular flexibility index (Phi) is 2.06. The number of nitrogens with zero attached hydrogens (tertiary/aromatic N) is 1. The molecular formula is C13H13FN2. The summed E-state index contributed by atoms with van der Waals surface area (Å²) in [7, 11) is 0. The molecule has 0 saturated heterocycles. The average Bonchev–Trinajstić information content (AvgIpc) is 2.95. The number of H-pyrrole nitrogens is 1. The zero-order valence-corrected chi connectivity index (χ0v) is 9.13. The lowest BCUT2D eigenvalue weighted by molar-refractivity contribution is 0.627. The van der Waals surface area contributed by atoms with Gasteiger partial charge >= 0.3 is 0 Å². The third-order valence-electron chi connectivity index (χ3n) is 2.93. The molecule has 2 nitrogen and oxygen atoms in total. The van der Waals surface area contributed by atoms with Crippen LogP contribution in [0.1, 0.15) is 30.0 Å². The third kappa shape index (κ3) is 1.73. The molecule has 1 aliphatic carbocycles. The molecule has 82 valence electrons. The molecule has 16 heavy (non-hydrogen) atoms. The van der Waals surface area contributed by atoms with E-state index in [9.17, 15) is 4.39 Å². The second-order valence-electron chi connectivity index (χ2n) is 4.48. The summed E-state index contributed by atoms with van der Waals surface area (Å²) in [6.07, 6.45) is 4.35. The average molecular weight is 216 g/mol. The number of halogens is 1. The van der Waals surface area contributed by atoms with Crippen LogP contribution in [-0.4, -0.2) is 9.97 Å². The minimum atomic E-state index is -0.209. The SMILES string of the molecule is Cc1cc(F)cc(-c2ncc(C3CC3)[nH]2)c1. The van der Waals surface area contributed by atoms with Crippen molar-refractivity contribution in [3.8, 4) is 11.4 Å². The van der Waals surface area contributed by atoms with Crippen LogP contribution in [0.4, 0.5) is 4.39 Å². The molecule has 0 radical (unpaired) electrons. The van der Waals surface area contributed by atoms with Gasteiger partial charge < -0.3 is 4.98 Å². The summed E-state index contributed by atoms with van der Waals surface area (Å²) in [5.74, 6) is 1.21. The molecule has 0 unspecified atom stereocenters. The van der Waals surface area contributed by atoms with E-state index in [1.165, 1.54) is 30.7 Å². The Labute approximate surface area is 93.5 Å². The molecule has 1 heterocycles. The first-order valence-electron chi connectivity index (χ1n) is 5.55. The van der Waals surface area contributed by atoms with E-state index >= 15 is 0 Å². The topological polar surface area (TPSA) is 28.7 Å². The largest absolute Gasteiger partial charge is 0.342 e.